The number of ether oxygens (including phenoxy) is 2. The van der Waals surface area contributed by atoms with E-state index in [0.717, 1.165) is 12.8 Å². The third kappa shape index (κ3) is 5.46. The highest BCUT2D eigenvalue weighted by Crippen LogP contribution is 2.27. The fourth-order valence-electron chi connectivity index (χ4n) is 1.33. The Morgan fingerprint density at radius 1 is 1.10 bits per heavy atom. The van der Waals surface area contributed by atoms with E-state index in [1.165, 1.54) is 0 Å². The van der Waals surface area contributed by atoms with E-state index in [1.807, 2.05) is 0 Å². The Balaban J connectivity index is 2.41. The molecule has 0 aliphatic carbocycles. The smallest absolute Gasteiger partial charge is 0.353 e. The number of hydrogen-bond donors (Lipinski definition) is 0. The first-order valence-electron chi connectivity index (χ1n) is 5.60. The Kier molecular flexibility index (Phi) is 5.70. The quantitative estimate of drug-likeness (QED) is 0.424. The minimum absolute atomic E-state index is 0.342. The van der Waals surface area contributed by atoms with Crippen LogP contribution >= 0.6 is 0 Å². The van der Waals surface area contributed by atoms with Crippen molar-refractivity contribution in [3.63, 3.8) is 0 Å². The summed E-state index contributed by atoms with van der Waals surface area (Å²) in [5.74, 6) is -3.88. The molecule has 0 amide bonds. The predicted octanol–water partition coefficient (Wildman–Crippen LogP) is 2.03. The van der Waals surface area contributed by atoms with Gasteiger partial charge in [0.2, 0.25) is 0 Å². The lowest BCUT2D eigenvalue weighted by Crippen LogP contribution is -2.37. The van der Waals surface area contributed by atoms with Crippen LogP contribution in [0.1, 0.15) is 19.3 Å². The van der Waals surface area contributed by atoms with E-state index in [9.17, 15) is 30.4 Å². The molecule has 1 unspecified atom stereocenters. The molecular formula is C9H13F5O5S. The maximum absolute atomic E-state index is 13.2. The van der Waals surface area contributed by atoms with Gasteiger partial charge in [-0.1, -0.05) is 0 Å². The van der Waals surface area contributed by atoms with Crippen LogP contribution in [0, 0.1) is 0 Å². The van der Waals surface area contributed by atoms with Crippen molar-refractivity contribution in [2.45, 2.75) is 37.0 Å². The number of halogens is 5. The van der Waals surface area contributed by atoms with Crippen LogP contribution in [0.5, 0.6) is 0 Å². The molecule has 1 aliphatic rings. The van der Waals surface area contributed by atoms with Crippen molar-refractivity contribution < 1.29 is 44.0 Å². The Bertz CT molecular complexity index is 401. The lowest BCUT2D eigenvalue weighted by atomic mass is 10.2. The lowest BCUT2D eigenvalue weighted by Gasteiger charge is -2.25. The second-order valence-corrected chi connectivity index (χ2v) is 5.73. The van der Waals surface area contributed by atoms with Gasteiger partial charge in [-0.2, -0.15) is 21.6 Å². The van der Waals surface area contributed by atoms with E-state index in [0.29, 0.717) is 13.0 Å². The maximum atomic E-state index is 13.2. The summed E-state index contributed by atoms with van der Waals surface area (Å²) in [6.07, 6.45) is 1.00. The maximum Gasteiger partial charge on any atom is 0.523 e. The van der Waals surface area contributed by atoms with Gasteiger partial charge in [-0.3, -0.25) is 4.18 Å². The van der Waals surface area contributed by atoms with Gasteiger partial charge >= 0.3 is 15.6 Å². The molecule has 0 saturated carbocycles. The molecule has 0 bridgehead atoms. The van der Waals surface area contributed by atoms with E-state index in [4.69, 9.17) is 4.74 Å². The Morgan fingerprint density at radius 2 is 1.75 bits per heavy atom. The van der Waals surface area contributed by atoms with E-state index in [1.54, 1.807) is 0 Å². The molecule has 1 rings (SSSR count). The Hall–Kier alpha value is -0.520. The van der Waals surface area contributed by atoms with Crippen LogP contribution in [0.25, 0.3) is 0 Å². The third-order valence-corrected chi connectivity index (χ3v) is 3.32. The molecular weight excluding hydrogens is 315 g/mol. The summed E-state index contributed by atoms with van der Waals surface area (Å²) in [6, 6.07) is 0. The average molecular weight is 328 g/mol. The van der Waals surface area contributed by atoms with Crippen molar-refractivity contribution >= 4 is 10.1 Å². The highest BCUT2D eigenvalue weighted by atomic mass is 32.2. The molecule has 120 valence electrons. The van der Waals surface area contributed by atoms with Crippen molar-refractivity contribution in [2.75, 3.05) is 19.8 Å². The van der Waals surface area contributed by atoms with Gasteiger partial charge in [0, 0.05) is 6.61 Å². The molecule has 0 N–H and O–H groups in total. The van der Waals surface area contributed by atoms with Crippen LogP contribution in [0.3, 0.4) is 0 Å². The van der Waals surface area contributed by atoms with Crippen molar-refractivity contribution in [2.24, 2.45) is 0 Å². The second kappa shape index (κ2) is 6.50. The molecule has 5 nitrogen and oxygen atoms in total. The molecule has 1 atom stereocenters. The zero-order valence-corrected chi connectivity index (χ0v) is 11.0. The largest absolute Gasteiger partial charge is 0.523 e. The fourth-order valence-corrected chi connectivity index (χ4v) is 1.79. The zero-order valence-electron chi connectivity index (χ0n) is 10.2. The molecule has 1 fully saturated rings. The minimum Gasteiger partial charge on any atom is -0.353 e. The summed E-state index contributed by atoms with van der Waals surface area (Å²) in [5.41, 5.74) is -5.74. The molecule has 11 heteroatoms. The second-order valence-electron chi connectivity index (χ2n) is 4.13. The first kappa shape index (κ1) is 17.5. The van der Waals surface area contributed by atoms with Gasteiger partial charge in [-0.15, -0.1) is 0 Å². The van der Waals surface area contributed by atoms with Gasteiger partial charge in [0.25, 0.3) is 5.92 Å². The van der Waals surface area contributed by atoms with Crippen molar-refractivity contribution in [1.29, 1.82) is 0 Å². The van der Waals surface area contributed by atoms with Gasteiger partial charge in [-0.05, 0) is 19.3 Å². The first-order chi connectivity index (χ1) is 9.04. The molecule has 0 spiro atoms. The summed E-state index contributed by atoms with van der Waals surface area (Å²) in [4.78, 5) is 0. The molecule has 1 saturated heterocycles. The van der Waals surface area contributed by atoms with Crippen LogP contribution in [0.2, 0.25) is 0 Å². The van der Waals surface area contributed by atoms with Gasteiger partial charge in [0.1, 0.15) is 13.2 Å². The van der Waals surface area contributed by atoms with E-state index in [2.05, 4.69) is 8.92 Å². The monoisotopic (exact) mass is 328 g/mol. The van der Waals surface area contributed by atoms with Crippen LogP contribution in [-0.4, -0.2) is 46.0 Å². The highest BCUT2D eigenvalue weighted by molar-refractivity contribution is 7.87. The predicted molar refractivity (Wildman–Crippen MR) is 55.4 cm³/mol. The Morgan fingerprint density at radius 3 is 2.25 bits per heavy atom. The van der Waals surface area contributed by atoms with Crippen LogP contribution < -0.4 is 0 Å². The van der Waals surface area contributed by atoms with Crippen LogP contribution in [0.4, 0.5) is 22.0 Å². The van der Waals surface area contributed by atoms with Gasteiger partial charge in [0.05, 0.1) is 0 Å². The summed E-state index contributed by atoms with van der Waals surface area (Å²) < 4.78 is 95.8. The van der Waals surface area contributed by atoms with E-state index in [-0.39, 0.29) is 0 Å². The third-order valence-electron chi connectivity index (χ3n) is 2.33. The highest BCUT2D eigenvalue weighted by Gasteiger charge is 2.49. The van der Waals surface area contributed by atoms with Crippen molar-refractivity contribution in [1.82, 2.24) is 0 Å². The van der Waals surface area contributed by atoms with Crippen LogP contribution in [-0.2, 0) is 23.8 Å². The van der Waals surface area contributed by atoms with Gasteiger partial charge in [0.15, 0.2) is 6.29 Å². The fraction of sp³-hybridized carbons (Fsp3) is 1.00. The minimum atomic E-state index is -6.04. The SMILES string of the molecule is O=S(=O)(OCC(F)(F)COC1CCCCO1)C(F)(F)F. The van der Waals surface area contributed by atoms with Gasteiger partial charge in [-0.25, -0.2) is 8.78 Å². The molecule has 20 heavy (non-hydrogen) atoms. The standard InChI is InChI=1S/C9H13F5O5S/c10-8(11,5-18-7-3-1-2-4-17-7)6-19-20(15,16)9(12,13)14/h7H,1-6H2. The summed E-state index contributed by atoms with van der Waals surface area (Å²) >= 11 is 0. The molecule has 0 radical (unpaired) electrons. The topological polar surface area (TPSA) is 61.8 Å². The molecule has 1 heterocycles. The summed E-state index contributed by atoms with van der Waals surface area (Å²) in [5, 5.41) is 0. The average Bonchev–Trinajstić information content (AvgIpc) is 2.34. The first-order valence-corrected chi connectivity index (χ1v) is 7.01. The van der Waals surface area contributed by atoms with Crippen LogP contribution in [0.15, 0.2) is 0 Å². The summed E-state index contributed by atoms with van der Waals surface area (Å²) in [7, 11) is -6.04. The molecule has 0 aromatic rings. The van der Waals surface area contributed by atoms with Crippen molar-refractivity contribution in [3.8, 4) is 0 Å². The van der Waals surface area contributed by atoms with Crippen molar-refractivity contribution in [3.05, 3.63) is 0 Å². The normalized spacial score (nSPS) is 21.9. The number of hydrogen-bond acceptors (Lipinski definition) is 5. The molecule has 0 aromatic heterocycles. The summed E-state index contributed by atoms with van der Waals surface area (Å²) in [6.45, 7) is -2.89. The molecule has 1 aliphatic heterocycles. The lowest BCUT2D eigenvalue weighted by molar-refractivity contribution is -0.205. The van der Waals surface area contributed by atoms with E-state index >= 15 is 0 Å². The number of alkyl halides is 5. The molecule has 0 aromatic carbocycles. The number of rotatable bonds is 6. The van der Waals surface area contributed by atoms with E-state index < -0.39 is 41.1 Å². The zero-order chi connectivity index (χ0) is 15.4. The Labute approximate surface area is 112 Å². The van der Waals surface area contributed by atoms with Gasteiger partial charge < -0.3 is 9.47 Å².